The molecule has 98 valence electrons. The van der Waals surface area contributed by atoms with Crippen molar-refractivity contribution in [3.63, 3.8) is 0 Å². The molecule has 0 aliphatic carbocycles. The molecule has 2 aliphatic rings. The van der Waals surface area contributed by atoms with Crippen molar-refractivity contribution < 1.29 is 4.39 Å². The Morgan fingerprint density at radius 2 is 1.89 bits per heavy atom. The fourth-order valence-corrected chi connectivity index (χ4v) is 3.24. The first-order valence-electron chi connectivity index (χ1n) is 7.08. The SMILES string of the molecule is Fc1ccc2c(c1)CNC[C@H]2N1CCCCCC1. The second-order valence-electron chi connectivity index (χ2n) is 5.44. The molecule has 0 radical (unpaired) electrons. The van der Waals surface area contributed by atoms with Gasteiger partial charge in [-0.1, -0.05) is 18.9 Å². The van der Waals surface area contributed by atoms with Crippen molar-refractivity contribution in [2.75, 3.05) is 19.6 Å². The van der Waals surface area contributed by atoms with Crippen LogP contribution in [-0.2, 0) is 6.54 Å². The highest BCUT2D eigenvalue weighted by molar-refractivity contribution is 5.33. The van der Waals surface area contributed by atoms with Gasteiger partial charge in [0.05, 0.1) is 0 Å². The minimum atomic E-state index is -0.118. The van der Waals surface area contributed by atoms with Gasteiger partial charge in [0.2, 0.25) is 0 Å². The van der Waals surface area contributed by atoms with Gasteiger partial charge >= 0.3 is 0 Å². The van der Waals surface area contributed by atoms with Crippen molar-refractivity contribution in [2.45, 2.75) is 38.3 Å². The second-order valence-corrected chi connectivity index (χ2v) is 5.44. The molecular formula is C15H21FN2. The average molecular weight is 248 g/mol. The van der Waals surface area contributed by atoms with Gasteiger partial charge < -0.3 is 5.32 Å². The smallest absolute Gasteiger partial charge is 0.123 e. The molecule has 0 unspecified atom stereocenters. The number of likely N-dealkylation sites (tertiary alicyclic amines) is 1. The Labute approximate surface area is 108 Å². The lowest BCUT2D eigenvalue weighted by atomic mass is 9.95. The number of hydrogen-bond acceptors (Lipinski definition) is 2. The Bertz CT molecular complexity index is 411. The molecule has 2 heterocycles. The zero-order chi connectivity index (χ0) is 12.4. The maximum Gasteiger partial charge on any atom is 0.123 e. The Morgan fingerprint density at radius 1 is 1.11 bits per heavy atom. The second kappa shape index (κ2) is 5.37. The van der Waals surface area contributed by atoms with Crippen LogP contribution in [0.4, 0.5) is 4.39 Å². The van der Waals surface area contributed by atoms with E-state index >= 15 is 0 Å². The number of hydrogen-bond donors (Lipinski definition) is 1. The van der Waals surface area contributed by atoms with Gasteiger partial charge in [-0.05, 0) is 49.2 Å². The first-order valence-corrected chi connectivity index (χ1v) is 7.08. The third-order valence-electron chi connectivity index (χ3n) is 4.20. The molecular weight excluding hydrogens is 227 g/mol. The molecule has 1 N–H and O–H groups in total. The van der Waals surface area contributed by atoms with E-state index in [-0.39, 0.29) is 5.82 Å². The molecule has 0 saturated carbocycles. The summed E-state index contributed by atoms with van der Waals surface area (Å²) in [6.07, 6.45) is 5.31. The predicted molar refractivity (Wildman–Crippen MR) is 70.9 cm³/mol. The zero-order valence-electron chi connectivity index (χ0n) is 10.8. The van der Waals surface area contributed by atoms with Gasteiger partial charge in [0.25, 0.3) is 0 Å². The summed E-state index contributed by atoms with van der Waals surface area (Å²) in [5, 5.41) is 3.43. The minimum absolute atomic E-state index is 0.118. The van der Waals surface area contributed by atoms with E-state index in [1.165, 1.54) is 44.3 Å². The Hall–Kier alpha value is -0.930. The van der Waals surface area contributed by atoms with Crippen LogP contribution in [0.2, 0.25) is 0 Å². The molecule has 0 bridgehead atoms. The first kappa shape index (κ1) is 12.1. The van der Waals surface area contributed by atoms with E-state index < -0.39 is 0 Å². The minimum Gasteiger partial charge on any atom is -0.311 e. The van der Waals surface area contributed by atoms with Gasteiger partial charge in [-0.2, -0.15) is 0 Å². The third-order valence-corrected chi connectivity index (χ3v) is 4.20. The summed E-state index contributed by atoms with van der Waals surface area (Å²) in [7, 11) is 0. The average Bonchev–Trinajstić information content (AvgIpc) is 2.66. The molecule has 1 atom stereocenters. The highest BCUT2D eigenvalue weighted by Crippen LogP contribution is 2.29. The van der Waals surface area contributed by atoms with Gasteiger partial charge in [-0.25, -0.2) is 4.39 Å². The van der Waals surface area contributed by atoms with Crippen LogP contribution in [0.1, 0.15) is 42.9 Å². The van der Waals surface area contributed by atoms with Crippen LogP contribution in [0.25, 0.3) is 0 Å². The van der Waals surface area contributed by atoms with Crippen molar-refractivity contribution in [1.29, 1.82) is 0 Å². The number of halogens is 1. The van der Waals surface area contributed by atoms with Gasteiger partial charge in [-0.15, -0.1) is 0 Å². The highest BCUT2D eigenvalue weighted by Gasteiger charge is 2.26. The van der Waals surface area contributed by atoms with Gasteiger partial charge in [0.1, 0.15) is 5.82 Å². The number of nitrogens with one attached hydrogen (secondary N) is 1. The van der Waals surface area contributed by atoms with Crippen molar-refractivity contribution in [3.05, 3.63) is 35.1 Å². The number of fused-ring (bicyclic) bond motifs is 1. The Kier molecular flexibility index (Phi) is 3.62. The van der Waals surface area contributed by atoms with Crippen LogP contribution < -0.4 is 5.32 Å². The molecule has 3 heteroatoms. The molecule has 1 aromatic carbocycles. The topological polar surface area (TPSA) is 15.3 Å². The largest absolute Gasteiger partial charge is 0.311 e. The van der Waals surface area contributed by atoms with Gasteiger partial charge in [0, 0.05) is 19.1 Å². The van der Waals surface area contributed by atoms with Crippen molar-refractivity contribution in [1.82, 2.24) is 10.2 Å². The zero-order valence-corrected chi connectivity index (χ0v) is 10.8. The number of nitrogens with zero attached hydrogens (tertiary/aromatic N) is 1. The number of rotatable bonds is 1. The maximum absolute atomic E-state index is 13.3. The van der Waals surface area contributed by atoms with E-state index in [0.29, 0.717) is 6.04 Å². The lowest BCUT2D eigenvalue weighted by Gasteiger charge is -2.35. The molecule has 1 aromatic rings. The lowest BCUT2D eigenvalue weighted by Crippen LogP contribution is -2.40. The molecule has 1 fully saturated rings. The maximum atomic E-state index is 13.3. The molecule has 0 spiro atoms. The fourth-order valence-electron chi connectivity index (χ4n) is 3.24. The summed E-state index contributed by atoms with van der Waals surface area (Å²) in [4.78, 5) is 2.58. The van der Waals surface area contributed by atoms with Crippen LogP contribution in [0.15, 0.2) is 18.2 Å². The van der Waals surface area contributed by atoms with Crippen LogP contribution in [0, 0.1) is 5.82 Å². The lowest BCUT2D eigenvalue weighted by molar-refractivity contribution is 0.192. The molecule has 0 aromatic heterocycles. The van der Waals surface area contributed by atoms with Crippen molar-refractivity contribution in [3.8, 4) is 0 Å². The first-order chi connectivity index (χ1) is 8.84. The van der Waals surface area contributed by atoms with Crippen molar-refractivity contribution >= 4 is 0 Å². The van der Waals surface area contributed by atoms with E-state index in [1.807, 2.05) is 6.07 Å². The summed E-state index contributed by atoms with van der Waals surface area (Å²) in [6.45, 7) is 4.17. The Morgan fingerprint density at radius 3 is 2.67 bits per heavy atom. The van der Waals surface area contributed by atoms with Gasteiger partial charge in [-0.3, -0.25) is 4.90 Å². The highest BCUT2D eigenvalue weighted by atomic mass is 19.1. The summed E-state index contributed by atoms with van der Waals surface area (Å²) in [5.41, 5.74) is 2.47. The van der Waals surface area contributed by atoms with E-state index in [4.69, 9.17) is 0 Å². The van der Waals surface area contributed by atoms with Gasteiger partial charge in [0.15, 0.2) is 0 Å². The van der Waals surface area contributed by atoms with E-state index in [9.17, 15) is 4.39 Å². The molecule has 2 aliphatic heterocycles. The predicted octanol–water partition coefficient (Wildman–Crippen LogP) is 2.85. The molecule has 3 rings (SSSR count). The fraction of sp³-hybridized carbons (Fsp3) is 0.600. The van der Waals surface area contributed by atoms with E-state index in [0.717, 1.165) is 18.7 Å². The third kappa shape index (κ3) is 2.43. The molecule has 18 heavy (non-hydrogen) atoms. The van der Waals surface area contributed by atoms with E-state index in [2.05, 4.69) is 10.2 Å². The quantitative estimate of drug-likeness (QED) is 0.822. The van der Waals surface area contributed by atoms with Crippen molar-refractivity contribution in [2.24, 2.45) is 0 Å². The molecule has 0 amide bonds. The van der Waals surface area contributed by atoms with Crippen LogP contribution in [0.3, 0.4) is 0 Å². The van der Waals surface area contributed by atoms with Crippen LogP contribution in [0.5, 0.6) is 0 Å². The molecule has 1 saturated heterocycles. The standard InChI is InChI=1S/C15H21FN2/c16-13-5-6-14-12(9-13)10-17-11-15(14)18-7-3-1-2-4-8-18/h5-6,9,15,17H,1-4,7-8,10-11H2/t15-/m1/s1. The number of benzene rings is 1. The Balaban J connectivity index is 1.85. The van der Waals surface area contributed by atoms with Crippen LogP contribution in [-0.4, -0.2) is 24.5 Å². The van der Waals surface area contributed by atoms with Crippen LogP contribution >= 0.6 is 0 Å². The monoisotopic (exact) mass is 248 g/mol. The normalized spacial score (nSPS) is 25.5. The van der Waals surface area contributed by atoms with E-state index in [1.54, 1.807) is 12.1 Å². The summed E-state index contributed by atoms with van der Waals surface area (Å²) in [6, 6.07) is 5.72. The summed E-state index contributed by atoms with van der Waals surface area (Å²) >= 11 is 0. The summed E-state index contributed by atoms with van der Waals surface area (Å²) in [5.74, 6) is -0.118. The summed E-state index contributed by atoms with van der Waals surface area (Å²) < 4.78 is 13.3. The molecule has 2 nitrogen and oxygen atoms in total.